The fourth-order valence-corrected chi connectivity index (χ4v) is 18.4. The van der Waals surface area contributed by atoms with Crippen molar-refractivity contribution in [2.45, 2.75) is 99.9 Å². The standard InChI is InChI=1S/C20H17NO2.C18H13NO2.C18H11NO2.C17H11NO3.C16H11BrO3.C16H12O3/c1-11-7-14-15-10-20(2,3)16-9-12(22)5-6-13(16)18(15)23-19(14)17(8-11)21-4;2*1-10-7-15-13-6-4-11-3-5-12(20)9-14(11)17(13)21-18(15)16(8-10)19-2;1-9-5-12-13-8-20-15-7-10(19)3-4-11(15)16(13)21-17(12)14(6-9)18-2;1-8-4-11-12-7-19-14-6-9(18)2-3-10(14)15(12)20-16(11)13(17)5-8;1-9-2-5-14-12(6-9)13-8-18-15-7-10(17)3-4-11(15)16(13)19-14/h5-9,22H,10H2,1-3H3;3,5,7-9,20H,4,6H2,1H3;3-9,20H,1H3;3-7,19H,8H2,1H3;2-6,18H,7H2,1H3;2-7,17H,8H2,1H3. The Labute approximate surface area is 724 Å². The van der Waals surface area contributed by atoms with Crippen molar-refractivity contribution in [3.63, 3.8) is 0 Å². The Morgan fingerprint density at radius 1 is 0.304 bits per heavy atom. The summed E-state index contributed by atoms with van der Waals surface area (Å²) in [6, 6.07) is 61.1. The maximum Gasteiger partial charge on any atom is 0.229 e. The lowest BCUT2D eigenvalue weighted by atomic mass is 9.71. The molecule has 0 radical (unpaired) electrons. The molecule has 5 aliphatic rings. The molecule has 0 atom stereocenters. The van der Waals surface area contributed by atoms with E-state index in [2.05, 4.69) is 87.3 Å². The van der Waals surface area contributed by atoms with E-state index in [1.54, 1.807) is 72.8 Å². The highest BCUT2D eigenvalue weighted by Gasteiger charge is 2.37. The first-order chi connectivity index (χ1) is 60.3. The zero-order valence-electron chi connectivity index (χ0n) is 68.8. The molecule has 19 aromatic rings. The number of fused-ring (bicyclic) bond motifs is 30. The lowest BCUT2D eigenvalue weighted by Crippen LogP contribution is -2.24. The van der Waals surface area contributed by atoms with Crippen LogP contribution in [0.25, 0.3) is 164 Å². The van der Waals surface area contributed by atoms with Crippen LogP contribution in [-0.2, 0) is 44.5 Å². The molecule has 0 saturated carbocycles. The third-order valence-electron chi connectivity index (χ3n) is 23.5. The molecule has 6 aromatic heterocycles. The summed E-state index contributed by atoms with van der Waals surface area (Å²) in [7, 11) is 0. The number of benzene rings is 13. The number of halogens is 1. The topological polar surface area (TPSA) is 245 Å². The van der Waals surface area contributed by atoms with Crippen molar-refractivity contribution < 1.29 is 71.4 Å². The van der Waals surface area contributed by atoms with Crippen LogP contribution in [0, 0.1) is 67.8 Å². The van der Waals surface area contributed by atoms with Gasteiger partial charge in [0, 0.05) is 100 Å². The minimum atomic E-state index is -0.0973. The van der Waals surface area contributed by atoms with Gasteiger partial charge in [-0.1, -0.05) is 90.2 Å². The van der Waals surface area contributed by atoms with Crippen LogP contribution in [0.5, 0.6) is 51.7 Å². The molecule has 125 heavy (non-hydrogen) atoms. The van der Waals surface area contributed by atoms with Crippen LogP contribution >= 0.6 is 15.9 Å². The number of nitrogens with zero attached hydrogens (tertiary/aromatic N) is 4. The summed E-state index contributed by atoms with van der Waals surface area (Å²) < 4.78 is 54.2. The summed E-state index contributed by atoms with van der Waals surface area (Å²) in [4.78, 5) is 14.3. The molecule has 612 valence electrons. The van der Waals surface area contributed by atoms with Crippen molar-refractivity contribution in [2.24, 2.45) is 0 Å². The number of phenols is 6. The van der Waals surface area contributed by atoms with E-state index in [9.17, 15) is 30.6 Å². The Balaban J connectivity index is 0.0000000982. The Kier molecular flexibility index (Phi) is 19.5. The van der Waals surface area contributed by atoms with Gasteiger partial charge < -0.3 is 71.4 Å². The zero-order chi connectivity index (χ0) is 86.9. The van der Waals surface area contributed by atoms with Gasteiger partial charge in [-0.2, -0.15) is 0 Å². The molecular weight excluding hydrogens is 1640 g/mol. The summed E-state index contributed by atoms with van der Waals surface area (Å²) in [6.07, 6.45) is 2.66. The van der Waals surface area contributed by atoms with Gasteiger partial charge in [0.05, 0.1) is 47.5 Å². The first-order valence-corrected chi connectivity index (χ1v) is 41.1. The van der Waals surface area contributed by atoms with Crippen molar-refractivity contribution in [2.75, 3.05) is 0 Å². The third kappa shape index (κ3) is 14.0. The number of phenolic OH excluding ortho intramolecular Hbond substituents is 6. The molecule has 0 fully saturated rings. The number of aryl methyl sites for hydroxylation is 8. The Bertz CT molecular complexity index is 7990. The van der Waals surface area contributed by atoms with E-state index in [0.717, 1.165) is 196 Å². The van der Waals surface area contributed by atoms with Crippen molar-refractivity contribution in [3.05, 3.63) is 323 Å². The molecule has 0 spiro atoms. The van der Waals surface area contributed by atoms with Gasteiger partial charge in [-0.3, -0.25) is 0 Å². The van der Waals surface area contributed by atoms with Crippen molar-refractivity contribution in [3.8, 4) is 108 Å². The highest BCUT2D eigenvalue weighted by atomic mass is 79.9. The molecule has 9 heterocycles. The molecule has 0 saturated heterocycles. The van der Waals surface area contributed by atoms with Gasteiger partial charge in [0.1, 0.15) is 139 Å². The highest BCUT2D eigenvalue weighted by molar-refractivity contribution is 9.10. The van der Waals surface area contributed by atoms with Crippen LogP contribution in [0.2, 0.25) is 0 Å². The maximum absolute atomic E-state index is 9.86. The minimum absolute atomic E-state index is 0.0973. The fraction of sp³-hybridized carbons (Fsp3) is 0.143. The smallest absolute Gasteiger partial charge is 0.229 e. The highest BCUT2D eigenvalue weighted by Crippen LogP contribution is 2.53. The monoisotopic (exact) mass is 1710 g/mol. The summed E-state index contributed by atoms with van der Waals surface area (Å²) in [6.45, 7) is 47.1. The van der Waals surface area contributed by atoms with E-state index < -0.39 is 0 Å². The lowest BCUT2D eigenvalue weighted by molar-refractivity contribution is 0.298. The molecule has 20 heteroatoms. The second-order valence-electron chi connectivity index (χ2n) is 32.8. The van der Waals surface area contributed by atoms with Gasteiger partial charge in [0.2, 0.25) is 22.7 Å². The van der Waals surface area contributed by atoms with E-state index in [1.807, 2.05) is 131 Å². The molecule has 2 aliphatic carbocycles. The van der Waals surface area contributed by atoms with Gasteiger partial charge >= 0.3 is 0 Å². The van der Waals surface area contributed by atoms with Crippen LogP contribution in [0.1, 0.15) is 86.2 Å². The number of hydrogen-bond acceptors (Lipinski definition) is 15. The summed E-state index contributed by atoms with van der Waals surface area (Å²) in [5, 5.41) is 66.9. The van der Waals surface area contributed by atoms with Gasteiger partial charge in [0.25, 0.3) is 0 Å². The van der Waals surface area contributed by atoms with E-state index >= 15 is 0 Å². The molecule has 0 amide bonds. The SMILES string of the molecule is Cc1cc(Br)c2oc3c(c2c1)COc1cc(O)ccc1-3.Cc1ccc2oc3c(c2c1)COc1cc(O)ccc1-3.[C-]#[N+]c1cc(C)cc2c1oc1c3cc(O)ccc3ccc21.[C-]#[N+]c1cc(C)cc2c3c(oc12)-c1cc(O)ccc1CC3.[C-]#[N+]c1cc(C)cc2c3c(oc12)-c1ccc(O)cc1C(C)(C)C3.[C-]#[N+]c1cc(C)cc2c3c(oc12)-c1ccc(O)cc1OC3. The Hall–Kier alpha value is -15.7. The Morgan fingerprint density at radius 3 is 1.23 bits per heavy atom. The first kappa shape index (κ1) is 79.1. The molecule has 19 nitrogen and oxygen atoms in total. The molecule has 13 aromatic carbocycles. The largest absolute Gasteiger partial charge is 0.508 e. The van der Waals surface area contributed by atoms with Crippen molar-refractivity contribution in [1.82, 2.24) is 0 Å². The number of ether oxygens (including phenoxy) is 3. The van der Waals surface area contributed by atoms with Crippen molar-refractivity contribution in [1.29, 1.82) is 0 Å². The van der Waals surface area contributed by atoms with Gasteiger partial charge in [-0.05, 0) is 238 Å². The average Bonchev–Trinajstić information content (AvgIpc) is 1.61. The van der Waals surface area contributed by atoms with Crippen molar-refractivity contribution >= 4 is 126 Å². The van der Waals surface area contributed by atoms with Crippen LogP contribution in [0.3, 0.4) is 0 Å². The molecular formula is C105H75BrN4O15. The third-order valence-corrected chi connectivity index (χ3v) is 24.0. The predicted molar refractivity (Wildman–Crippen MR) is 488 cm³/mol. The number of hydrogen-bond donors (Lipinski definition) is 6. The van der Waals surface area contributed by atoms with Gasteiger partial charge in [0.15, 0.2) is 0 Å². The van der Waals surface area contributed by atoms with Crippen LogP contribution in [-0.4, -0.2) is 30.6 Å². The normalized spacial score (nSPS) is 12.9. The van der Waals surface area contributed by atoms with Crippen LogP contribution < -0.4 is 14.2 Å². The van der Waals surface area contributed by atoms with Gasteiger partial charge in [-0.15, -0.1) is 0 Å². The zero-order valence-corrected chi connectivity index (χ0v) is 70.4. The molecule has 0 bridgehead atoms. The van der Waals surface area contributed by atoms with E-state index in [4.69, 9.17) is 67.0 Å². The summed E-state index contributed by atoms with van der Waals surface area (Å²) in [5.41, 5.74) is 25.8. The second-order valence-corrected chi connectivity index (χ2v) is 33.6. The molecule has 0 unspecified atom stereocenters. The first-order valence-electron chi connectivity index (χ1n) is 40.3. The predicted octanol–water partition coefficient (Wildman–Crippen LogP) is 28.9. The maximum atomic E-state index is 9.86. The number of furan rings is 6. The number of aromatic hydroxyl groups is 6. The number of rotatable bonds is 0. The van der Waals surface area contributed by atoms with E-state index in [1.165, 1.54) is 16.7 Å². The minimum Gasteiger partial charge on any atom is -0.508 e. The molecule has 6 N–H and O–H groups in total. The van der Waals surface area contributed by atoms with E-state index in [0.29, 0.717) is 87.7 Å². The molecule has 3 aliphatic heterocycles. The quantitative estimate of drug-likeness (QED) is 0.0773. The van der Waals surface area contributed by atoms with Crippen LogP contribution in [0.15, 0.2) is 231 Å². The fourth-order valence-electron chi connectivity index (χ4n) is 17.7. The molecule has 24 rings (SSSR count). The Morgan fingerprint density at radius 2 is 0.696 bits per heavy atom. The van der Waals surface area contributed by atoms with Gasteiger partial charge in [-0.25, -0.2) is 19.4 Å². The average molecular weight is 1710 g/mol. The van der Waals surface area contributed by atoms with E-state index in [-0.39, 0.29) is 39.9 Å². The lowest BCUT2D eigenvalue weighted by Gasteiger charge is -2.32. The summed E-state index contributed by atoms with van der Waals surface area (Å²) >= 11 is 3.55. The second kappa shape index (κ2) is 30.7. The summed E-state index contributed by atoms with van der Waals surface area (Å²) in [5.74, 6) is 7.24. The van der Waals surface area contributed by atoms with Crippen LogP contribution in [0.4, 0.5) is 22.7 Å².